The SMILES string of the molecule is O=S(=O)(NC1CC=CCC1)c1ccccc1O. The van der Waals surface area contributed by atoms with E-state index < -0.39 is 10.0 Å². The lowest BCUT2D eigenvalue weighted by molar-refractivity contribution is 0.455. The van der Waals surface area contributed by atoms with Gasteiger partial charge in [0.15, 0.2) is 0 Å². The van der Waals surface area contributed by atoms with Crippen molar-refractivity contribution >= 4 is 10.0 Å². The van der Waals surface area contributed by atoms with Crippen molar-refractivity contribution in [3.63, 3.8) is 0 Å². The highest BCUT2D eigenvalue weighted by molar-refractivity contribution is 7.89. The van der Waals surface area contributed by atoms with Crippen LogP contribution in [0.2, 0.25) is 0 Å². The van der Waals surface area contributed by atoms with Crippen LogP contribution in [0.3, 0.4) is 0 Å². The number of allylic oxidation sites excluding steroid dienone is 1. The van der Waals surface area contributed by atoms with Gasteiger partial charge in [0.1, 0.15) is 10.6 Å². The Bertz CT molecular complexity index is 522. The summed E-state index contributed by atoms with van der Waals surface area (Å²) in [6.45, 7) is 0. The number of aromatic hydroxyl groups is 1. The van der Waals surface area contributed by atoms with Gasteiger partial charge in [-0.25, -0.2) is 13.1 Å². The van der Waals surface area contributed by atoms with Gasteiger partial charge >= 0.3 is 0 Å². The molecule has 0 spiro atoms. The Morgan fingerprint density at radius 2 is 2.00 bits per heavy atom. The van der Waals surface area contributed by atoms with Crippen molar-refractivity contribution < 1.29 is 13.5 Å². The molecule has 1 unspecified atom stereocenters. The molecule has 0 aliphatic heterocycles. The van der Waals surface area contributed by atoms with Crippen LogP contribution in [-0.4, -0.2) is 19.6 Å². The third-order valence-electron chi connectivity index (χ3n) is 2.75. The van der Waals surface area contributed by atoms with E-state index in [0.717, 1.165) is 12.8 Å². The van der Waals surface area contributed by atoms with Crippen molar-refractivity contribution in [2.24, 2.45) is 0 Å². The molecule has 92 valence electrons. The number of nitrogens with one attached hydrogen (secondary N) is 1. The summed E-state index contributed by atoms with van der Waals surface area (Å²) in [5.41, 5.74) is 0. The van der Waals surface area contributed by atoms with E-state index in [-0.39, 0.29) is 16.7 Å². The van der Waals surface area contributed by atoms with Crippen LogP contribution in [0.5, 0.6) is 5.75 Å². The lowest BCUT2D eigenvalue weighted by Crippen LogP contribution is -2.35. The van der Waals surface area contributed by atoms with E-state index in [1.165, 1.54) is 12.1 Å². The molecule has 2 rings (SSSR count). The topological polar surface area (TPSA) is 66.4 Å². The molecular weight excluding hydrogens is 238 g/mol. The minimum atomic E-state index is -3.62. The normalized spacial score (nSPS) is 20.4. The first-order valence-corrected chi connectivity index (χ1v) is 7.03. The minimum Gasteiger partial charge on any atom is -0.507 e. The lowest BCUT2D eigenvalue weighted by atomic mass is 10.0. The summed E-state index contributed by atoms with van der Waals surface area (Å²) in [5, 5.41) is 9.54. The first-order chi connectivity index (χ1) is 8.09. The molecule has 0 bridgehead atoms. The molecule has 1 aliphatic rings. The van der Waals surface area contributed by atoms with Crippen LogP contribution in [0, 0.1) is 0 Å². The van der Waals surface area contributed by atoms with Gasteiger partial charge < -0.3 is 5.11 Å². The summed E-state index contributed by atoms with van der Waals surface area (Å²) in [7, 11) is -3.62. The Balaban J connectivity index is 2.19. The molecule has 17 heavy (non-hydrogen) atoms. The molecule has 0 saturated heterocycles. The van der Waals surface area contributed by atoms with Crippen molar-refractivity contribution in [3.05, 3.63) is 36.4 Å². The van der Waals surface area contributed by atoms with Crippen molar-refractivity contribution in [3.8, 4) is 5.75 Å². The van der Waals surface area contributed by atoms with Gasteiger partial charge in [-0.1, -0.05) is 24.3 Å². The lowest BCUT2D eigenvalue weighted by Gasteiger charge is -2.19. The van der Waals surface area contributed by atoms with Crippen LogP contribution < -0.4 is 4.72 Å². The Morgan fingerprint density at radius 3 is 2.65 bits per heavy atom. The quantitative estimate of drug-likeness (QED) is 0.807. The summed E-state index contributed by atoms with van der Waals surface area (Å²) >= 11 is 0. The maximum Gasteiger partial charge on any atom is 0.244 e. The Labute approximate surface area is 101 Å². The van der Waals surface area contributed by atoms with E-state index in [9.17, 15) is 13.5 Å². The second-order valence-corrected chi connectivity index (χ2v) is 5.75. The van der Waals surface area contributed by atoms with E-state index in [1.54, 1.807) is 12.1 Å². The molecule has 4 nitrogen and oxygen atoms in total. The number of phenolic OH excluding ortho intramolecular Hbond substituents is 1. The summed E-state index contributed by atoms with van der Waals surface area (Å²) in [4.78, 5) is -0.0606. The van der Waals surface area contributed by atoms with Crippen LogP contribution in [-0.2, 0) is 10.0 Å². The Kier molecular flexibility index (Phi) is 3.49. The molecule has 1 atom stereocenters. The number of phenols is 1. The largest absolute Gasteiger partial charge is 0.507 e. The maximum atomic E-state index is 12.0. The van der Waals surface area contributed by atoms with Crippen LogP contribution >= 0.6 is 0 Å². The number of benzene rings is 1. The molecule has 0 aromatic heterocycles. The molecule has 0 amide bonds. The fourth-order valence-electron chi connectivity index (χ4n) is 1.87. The molecule has 2 N–H and O–H groups in total. The molecular formula is C12H15NO3S. The van der Waals surface area contributed by atoms with Gasteiger partial charge in [-0.2, -0.15) is 0 Å². The van der Waals surface area contributed by atoms with Crippen LogP contribution in [0.25, 0.3) is 0 Å². The molecule has 0 fully saturated rings. The summed E-state index contributed by atoms with van der Waals surface area (Å²) in [6.07, 6.45) is 6.40. The standard InChI is InChI=1S/C12H15NO3S/c14-11-8-4-5-9-12(11)17(15,16)13-10-6-2-1-3-7-10/h1-2,4-5,8-10,13-14H,3,6-7H2. The highest BCUT2D eigenvalue weighted by Gasteiger charge is 2.22. The van der Waals surface area contributed by atoms with Gasteiger partial charge in [-0.3, -0.25) is 0 Å². The smallest absolute Gasteiger partial charge is 0.244 e. The number of hydrogen-bond donors (Lipinski definition) is 2. The minimum absolute atomic E-state index is 0.0606. The van der Waals surface area contributed by atoms with Gasteiger partial charge in [0.25, 0.3) is 0 Å². The molecule has 0 heterocycles. The summed E-state index contributed by atoms with van der Waals surface area (Å²) in [5.74, 6) is -0.216. The zero-order valence-electron chi connectivity index (χ0n) is 9.33. The van der Waals surface area contributed by atoms with Crippen molar-refractivity contribution in [2.45, 2.75) is 30.2 Å². The monoisotopic (exact) mass is 253 g/mol. The summed E-state index contributed by atoms with van der Waals surface area (Å²) in [6, 6.07) is 5.88. The van der Waals surface area contributed by atoms with E-state index in [0.29, 0.717) is 6.42 Å². The average Bonchev–Trinajstić information content (AvgIpc) is 2.30. The first kappa shape index (κ1) is 12.1. The third-order valence-corrected chi connectivity index (χ3v) is 4.31. The molecule has 5 heteroatoms. The number of hydrogen-bond acceptors (Lipinski definition) is 3. The molecule has 1 aliphatic carbocycles. The van der Waals surface area contributed by atoms with Crippen molar-refractivity contribution in [1.29, 1.82) is 0 Å². The first-order valence-electron chi connectivity index (χ1n) is 5.55. The Morgan fingerprint density at radius 1 is 1.24 bits per heavy atom. The average molecular weight is 253 g/mol. The fraction of sp³-hybridized carbons (Fsp3) is 0.333. The van der Waals surface area contributed by atoms with Gasteiger partial charge in [0.2, 0.25) is 10.0 Å². The zero-order chi connectivity index (χ0) is 12.3. The van der Waals surface area contributed by atoms with E-state index in [2.05, 4.69) is 4.72 Å². The van der Waals surface area contributed by atoms with Crippen LogP contribution in [0.4, 0.5) is 0 Å². The van der Waals surface area contributed by atoms with E-state index in [4.69, 9.17) is 0 Å². The van der Waals surface area contributed by atoms with E-state index >= 15 is 0 Å². The van der Waals surface area contributed by atoms with Crippen LogP contribution in [0.15, 0.2) is 41.3 Å². The van der Waals surface area contributed by atoms with Gasteiger partial charge in [-0.15, -0.1) is 0 Å². The maximum absolute atomic E-state index is 12.0. The van der Waals surface area contributed by atoms with E-state index in [1.807, 2.05) is 12.2 Å². The van der Waals surface area contributed by atoms with Crippen molar-refractivity contribution in [1.82, 2.24) is 4.72 Å². The van der Waals surface area contributed by atoms with Gasteiger partial charge in [0, 0.05) is 6.04 Å². The highest BCUT2D eigenvalue weighted by Crippen LogP contribution is 2.22. The number of para-hydroxylation sites is 1. The second kappa shape index (κ2) is 4.89. The van der Waals surface area contributed by atoms with Gasteiger partial charge in [0.05, 0.1) is 0 Å². The predicted octanol–water partition coefficient (Wildman–Crippen LogP) is 1.78. The molecule has 1 aromatic rings. The molecule has 0 radical (unpaired) electrons. The second-order valence-electron chi connectivity index (χ2n) is 4.07. The Hall–Kier alpha value is -1.33. The zero-order valence-corrected chi connectivity index (χ0v) is 10.2. The molecule has 0 saturated carbocycles. The number of rotatable bonds is 3. The molecule has 1 aromatic carbocycles. The number of sulfonamides is 1. The summed E-state index contributed by atoms with van der Waals surface area (Å²) < 4.78 is 26.7. The highest BCUT2D eigenvalue weighted by atomic mass is 32.2. The van der Waals surface area contributed by atoms with Crippen molar-refractivity contribution in [2.75, 3.05) is 0 Å². The van der Waals surface area contributed by atoms with Gasteiger partial charge in [-0.05, 0) is 31.4 Å². The third kappa shape index (κ3) is 2.87. The fourth-order valence-corrected chi connectivity index (χ4v) is 3.25. The van der Waals surface area contributed by atoms with Crippen LogP contribution in [0.1, 0.15) is 19.3 Å². The predicted molar refractivity (Wildman–Crippen MR) is 65.2 cm³/mol.